The van der Waals surface area contributed by atoms with Gasteiger partial charge >= 0.3 is 0 Å². The minimum Gasteiger partial charge on any atom is -0.377 e. The summed E-state index contributed by atoms with van der Waals surface area (Å²) in [6.45, 7) is 19.2. The number of pyridine rings is 1. The number of aromatic nitrogens is 3. The van der Waals surface area contributed by atoms with Crippen LogP contribution in [-0.2, 0) is 25.1 Å². The van der Waals surface area contributed by atoms with Crippen LogP contribution in [0, 0.1) is 6.92 Å². The Kier molecular flexibility index (Phi) is 18.7. The summed E-state index contributed by atoms with van der Waals surface area (Å²) in [7, 11) is 4.36. The normalized spacial score (nSPS) is 15.2. The average molecular weight is 690 g/mol. The van der Waals surface area contributed by atoms with Crippen LogP contribution in [0.3, 0.4) is 0 Å². The number of nitrogens with zero attached hydrogens (tertiary/aromatic N) is 5. The van der Waals surface area contributed by atoms with Gasteiger partial charge < -0.3 is 15.1 Å². The van der Waals surface area contributed by atoms with Crippen molar-refractivity contribution in [3.8, 4) is 0 Å². The van der Waals surface area contributed by atoms with Crippen molar-refractivity contribution in [2.45, 2.75) is 67.9 Å². The van der Waals surface area contributed by atoms with Crippen LogP contribution in [0.25, 0.3) is 10.8 Å². The Hall–Kier alpha value is -3.77. The maximum absolute atomic E-state index is 14.1. The fourth-order valence-corrected chi connectivity index (χ4v) is 6.22. The summed E-state index contributed by atoms with van der Waals surface area (Å²) in [5.74, 6) is 0.573. The Morgan fingerprint density at radius 2 is 1.52 bits per heavy atom. The highest BCUT2D eigenvalue weighted by molar-refractivity contribution is 7.87. The Balaban J connectivity index is 0.00000134. The van der Waals surface area contributed by atoms with Crippen molar-refractivity contribution < 1.29 is 13.0 Å². The minimum atomic E-state index is -1.49. The number of rotatable bonds is 7. The summed E-state index contributed by atoms with van der Waals surface area (Å²) in [4.78, 5) is 18.7. The molecule has 2 aliphatic rings. The van der Waals surface area contributed by atoms with Crippen LogP contribution in [0.1, 0.15) is 72.1 Å². The molecule has 5 rings (SSSR count). The van der Waals surface area contributed by atoms with Crippen LogP contribution in [-0.4, -0.2) is 59.0 Å². The zero-order valence-corrected chi connectivity index (χ0v) is 31.8. The van der Waals surface area contributed by atoms with E-state index in [-0.39, 0.29) is 23.8 Å². The number of allylic oxidation sites excluding steroid dienone is 4. The van der Waals surface area contributed by atoms with Crippen LogP contribution in [0.15, 0.2) is 70.0 Å². The first-order valence-electron chi connectivity index (χ1n) is 16.8. The predicted octanol–water partition coefficient (Wildman–Crippen LogP) is 7.13. The SMILES string of the molecule is CC.CC.CC.CF.CNS(=O)C1=CCC(F)=CC=C1N[C@H](C)c1cc(C)cc2c(=O)n(C)c(N3CCN(c4cnn(C)c4)CC3)cc12. The predicted molar refractivity (Wildman–Crippen MR) is 201 cm³/mol. The lowest BCUT2D eigenvalue weighted by Crippen LogP contribution is -2.47. The molecule has 268 valence electrons. The van der Waals surface area contributed by atoms with Crippen molar-refractivity contribution >= 4 is 33.3 Å². The van der Waals surface area contributed by atoms with Gasteiger partial charge in [0.1, 0.15) is 22.6 Å². The molecule has 2 atom stereocenters. The standard InChI is InChI=1S/C29H36FN7O2S.3C2H6.CH3F/c1-19-14-23(20(2)33-26-8-6-21(30)7-9-27(26)40(39)31-3)24-16-28(35(5)29(38)25(24)15-19)37-12-10-36(11-13-37)22-17-32-34(4)18-22;4*1-2/h6,8-9,14-18,20,31,33H,7,10-13H2,1-5H3;3*1-2H3;1H3/t20-,40?;;;;/m1..../s1. The quantitative estimate of drug-likeness (QED) is 0.275. The number of aryl methyl sites for hydroxylation is 2. The number of alkyl halides is 1. The average Bonchev–Trinajstić information content (AvgIpc) is 3.49. The molecule has 2 aromatic heterocycles. The third-order valence-corrected chi connectivity index (χ3v) is 8.73. The molecule has 0 saturated carbocycles. The van der Waals surface area contributed by atoms with Gasteiger partial charge in [0.05, 0.1) is 29.7 Å². The third-order valence-electron chi connectivity index (χ3n) is 7.57. The van der Waals surface area contributed by atoms with Crippen molar-refractivity contribution in [3.63, 3.8) is 0 Å². The summed E-state index contributed by atoms with van der Waals surface area (Å²) >= 11 is 0. The maximum atomic E-state index is 14.1. The van der Waals surface area contributed by atoms with E-state index in [1.807, 2.05) is 87.9 Å². The molecule has 0 amide bonds. The molecule has 48 heavy (non-hydrogen) atoms. The molecule has 9 nitrogen and oxygen atoms in total. The zero-order chi connectivity index (χ0) is 36.6. The van der Waals surface area contributed by atoms with Crippen molar-refractivity contribution in [1.82, 2.24) is 24.4 Å². The lowest BCUT2D eigenvalue weighted by Gasteiger charge is -2.37. The molecular weight excluding hydrogens is 633 g/mol. The second-order valence-electron chi connectivity index (χ2n) is 10.3. The summed E-state index contributed by atoms with van der Waals surface area (Å²) in [6.07, 6.45) is 8.66. The van der Waals surface area contributed by atoms with Gasteiger partial charge in [-0.3, -0.25) is 18.4 Å². The van der Waals surface area contributed by atoms with Gasteiger partial charge in [-0.2, -0.15) is 5.10 Å². The Labute approximate surface area is 289 Å². The number of anilines is 2. The highest BCUT2D eigenvalue weighted by Gasteiger charge is 2.23. The lowest BCUT2D eigenvalue weighted by molar-refractivity contribution is 0.618. The molecule has 0 bridgehead atoms. The fraction of sp³-hybridized carbons (Fsp3) is 0.500. The van der Waals surface area contributed by atoms with E-state index in [2.05, 4.69) is 37.1 Å². The van der Waals surface area contributed by atoms with Crippen LogP contribution >= 0.6 is 0 Å². The lowest BCUT2D eigenvalue weighted by atomic mass is 9.97. The van der Waals surface area contributed by atoms with Crippen molar-refractivity contribution in [1.29, 1.82) is 0 Å². The van der Waals surface area contributed by atoms with Gasteiger partial charge in [0.2, 0.25) is 0 Å². The van der Waals surface area contributed by atoms with E-state index in [0.29, 0.717) is 23.2 Å². The van der Waals surface area contributed by atoms with Crippen LogP contribution in [0.4, 0.5) is 20.3 Å². The van der Waals surface area contributed by atoms with Gasteiger partial charge in [0.25, 0.3) is 5.56 Å². The van der Waals surface area contributed by atoms with Crippen LogP contribution in [0.5, 0.6) is 0 Å². The number of piperazine rings is 1. The van der Waals surface area contributed by atoms with E-state index in [4.69, 9.17) is 0 Å². The molecule has 0 radical (unpaired) electrons. The van der Waals surface area contributed by atoms with Crippen molar-refractivity contribution in [2.75, 3.05) is 50.2 Å². The first-order valence-corrected chi connectivity index (χ1v) is 17.9. The molecule has 1 unspecified atom stereocenters. The number of benzene rings is 1. The van der Waals surface area contributed by atoms with Gasteiger partial charge in [0.15, 0.2) is 0 Å². The van der Waals surface area contributed by atoms with Crippen LogP contribution in [0.2, 0.25) is 0 Å². The molecule has 1 fully saturated rings. The molecule has 1 aliphatic heterocycles. The highest BCUT2D eigenvalue weighted by Crippen LogP contribution is 2.30. The molecule has 1 saturated heterocycles. The Morgan fingerprint density at radius 3 is 2.08 bits per heavy atom. The first kappa shape index (κ1) is 42.3. The smallest absolute Gasteiger partial charge is 0.259 e. The molecule has 2 N–H and O–H groups in total. The second kappa shape index (κ2) is 21.3. The van der Waals surface area contributed by atoms with Crippen molar-refractivity contribution in [3.05, 3.63) is 86.7 Å². The third kappa shape index (κ3) is 10.4. The monoisotopic (exact) mass is 689 g/mol. The van der Waals surface area contributed by atoms with Gasteiger partial charge in [-0.15, -0.1) is 0 Å². The molecule has 12 heteroatoms. The van der Waals surface area contributed by atoms with E-state index in [0.717, 1.165) is 54.2 Å². The maximum Gasteiger partial charge on any atom is 0.259 e. The zero-order valence-electron chi connectivity index (χ0n) is 30.9. The summed E-state index contributed by atoms with van der Waals surface area (Å²) in [6, 6.07) is 5.87. The largest absolute Gasteiger partial charge is 0.377 e. The van der Waals surface area contributed by atoms with E-state index in [1.165, 1.54) is 6.08 Å². The summed E-state index contributed by atoms with van der Waals surface area (Å²) in [5, 5.41) is 9.27. The van der Waals surface area contributed by atoms with Gasteiger partial charge in [-0.05, 0) is 61.7 Å². The van der Waals surface area contributed by atoms with Crippen molar-refractivity contribution in [2.24, 2.45) is 14.1 Å². The second-order valence-corrected chi connectivity index (χ2v) is 11.7. The first-order chi connectivity index (χ1) is 23.2. The summed E-state index contributed by atoms with van der Waals surface area (Å²) < 4.78 is 42.6. The van der Waals surface area contributed by atoms with E-state index in [1.54, 1.807) is 28.4 Å². The topological polar surface area (TPSA) is 87.4 Å². The highest BCUT2D eigenvalue weighted by atomic mass is 32.2. The van der Waals surface area contributed by atoms with Gasteiger partial charge in [-0.25, -0.2) is 13.3 Å². The van der Waals surface area contributed by atoms with E-state index >= 15 is 0 Å². The Morgan fingerprint density at radius 1 is 0.917 bits per heavy atom. The summed E-state index contributed by atoms with van der Waals surface area (Å²) in [5.41, 5.74) is 3.56. The molecule has 0 spiro atoms. The van der Waals surface area contributed by atoms with Gasteiger partial charge in [0, 0.05) is 64.3 Å². The fourth-order valence-electron chi connectivity index (χ4n) is 5.44. The van der Waals surface area contributed by atoms with E-state index < -0.39 is 11.0 Å². The molecule has 3 aromatic rings. The minimum absolute atomic E-state index is 0.0464. The number of hydrogen-bond acceptors (Lipinski definition) is 6. The Bertz CT molecular complexity index is 1620. The van der Waals surface area contributed by atoms with Gasteiger partial charge in [-0.1, -0.05) is 53.7 Å². The number of nitrogens with one attached hydrogen (secondary N) is 2. The van der Waals surface area contributed by atoms with Crippen LogP contribution < -0.4 is 25.4 Å². The molecular formula is C36H57F2N7O2S. The number of halogens is 2. The van der Waals surface area contributed by atoms with E-state index in [9.17, 15) is 17.8 Å². The number of hydrogen-bond donors (Lipinski definition) is 2. The molecule has 1 aliphatic carbocycles. The molecule has 1 aromatic carbocycles. The molecule has 3 heterocycles. The number of fused-ring (bicyclic) bond motifs is 1.